The van der Waals surface area contributed by atoms with Crippen molar-refractivity contribution in [2.45, 2.75) is 60.1 Å². The molecule has 3 aliphatic carbocycles. The highest BCUT2D eigenvalue weighted by molar-refractivity contribution is 9.10. The van der Waals surface area contributed by atoms with E-state index in [0.717, 1.165) is 36.6 Å². The van der Waals surface area contributed by atoms with E-state index in [1.807, 2.05) is 6.07 Å². The number of hydrogen-bond acceptors (Lipinski definition) is 5. The first-order valence-electron chi connectivity index (χ1n) is 9.62. The van der Waals surface area contributed by atoms with Crippen molar-refractivity contribution in [2.24, 2.45) is 5.92 Å². The first-order valence-corrected chi connectivity index (χ1v) is 10.5. The van der Waals surface area contributed by atoms with Crippen molar-refractivity contribution in [1.29, 1.82) is 0 Å². The summed E-state index contributed by atoms with van der Waals surface area (Å²) in [6.45, 7) is 1.91. The van der Waals surface area contributed by atoms with Gasteiger partial charge in [0.05, 0.1) is 15.8 Å². The van der Waals surface area contributed by atoms with Crippen LogP contribution in [0.3, 0.4) is 0 Å². The van der Waals surface area contributed by atoms with Crippen LogP contribution in [0.2, 0.25) is 0 Å². The van der Waals surface area contributed by atoms with Crippen LogP contribution in [0.4, 0.5) is 0 Å². The van der Waals surface area contributed by atoms with Crippen LogP contribution in [-0.4, -0.2) is 56.6 Å². The smallest absolute Gasteiger partial charge is 0.187 e. The predicted molar refractivity (Wildman–Crippen MR) is 97.9 cm³/mol. The average Bonchev–Trinajstić information content (AvgIpc) is 3.33. The zero-order chi connectivity index (χ0) is 17.8. The van der Waals surface area contributed by atoms with Crippen molar-refractivity contribution in [3.8, 4) is 11.5 Å². The molecule has 0 amide bonds. The number of phenolic OH excluding ortho intramolecular Hbond substituents is 1. The van der Waals surface area contributed by atoms with Crippen molar-refractivity contribution in [2.75, 3.05) is 13.1 Å². The molecule has 5 aliphatic rings. The molecule has 2 bridgehead atoms. The van der Waals surface area contributed by atoms with Crippen LogP contribution in [0.15, 0.2) is 12.1 Å². The summed E-state index contributed by atoms with van der Waals surface area (Å²) < 4.78 is 6.08. The quantitative estimate of drug-likeness (QED) is 0.716. The number of carbonyl (C=O) groups is 1. The number of nitrogens with zero attached hydrogens (tertiary/aromatic N) is 1. The molecule has 138 valence electrons. The lowest BCUT2D eigenvalue weighted by Gasteiger charge is -2.63. The minimum Gasteiger partial charge on any atom is -0.504 e. The molecule has 5 nitrogen and oxygen atoms in total. The van der Waals surface area contributed by atoms with E-state index in [4.69, 9.17) is 4.74 Å². The number of ketones is 1. The molecule has 1 spiro atoms. The Hall–Kier alpha value is -1.11. The molecule has 2 heterocycles. The summed E-state index contributed by atoms with van der Waals surface area (Å²) in [6, 6.07) is 3.63. The molecule has 0 radical (unpaired) electrons. The van der Waals surface area contributed by atoms with E-state index >= 15 is 0 Å². The highest BCUT2D eigenvalue weighted by Crippen LogP contribution is 2.65. The van der Waals surface area contributed by atoms with Gasteiger partial charge in [-0.2, -0.15) is 0 Å². The SMILES string of the molecule is O=C1[C@@H](Br)C[C@@]2(O)[C@H]3Cc4ccc(O)c5c4[C@@]2(CCN3CC2CC2)[C@H]1O5. The van der Waals surface area contributed by atoms with Gasteiger partial charge in [-0.1, -0.05) is 22.0 Å². The zero-order valence-electron chi connectivity index (χ0n) is 14.4. The Morgan fingerprint density at radius 1 is 1.35 bits per heavy atom. The number of aromatic hydroxyl groups is 1. The monoisotopic (exact) mass is 419 g/mol. The van der Waals surface area contributed by atoms with Crippen molar-refractivity contribution in [3.05, 3.63) is 23.3 Å². The molecule has 2 aliphatic heterocycles. The van der Waals surface area contributed by atoms with E-state index in [2.05, 4.69) is 20.8 Å². The van der Waals surface area contributed by atoms with Gasteiger partial charge in [0.2, 0.25) is 0 Å². The van der Waals surface area contributed by atoms with Crippen LogP contribution < -0.4 is 4.74 Å². The number of likely N-dealkylation sites (tertiary alicyclic amines) is 1. The molecular formula is C20H22BrNO4. The normalized spacial score (nSPS) is 43.2. The number of rotatable bonds is 2. The fourth-order valence-electron chi connectivity index (χ4n) is 6.25. The summed E-state index contributed by atoms with van der Waals surface area (Å²) in [5.41, 5.74) is 0.288. The van der Waals surface area contributed by atoms with Crippen molar-refractivity contribution in [3.63, 3.8) is 0 Å². The second-order valence-electron chi connectivity index (χ2n) is 8.82. The summed E-state index contributed by atoms with van der Waals surface area (Å²) in [5.74, 6) is 1.25. The largest absolute Gasteiger partial charge is 0.504 e. The number of carbonyl (C=O) groups excluding carboxylic acids is 1. The van der Waals surface area contributed by atoms with Crippen LogP contribution in [0.5, 0.6) is 11.5 Å². The molecule has 2 saturated carbocycles. The fourth-order valence-corrected chi connectivity index (χ4v) is 6.98. The third-order valence-electron chi connectivity index (χ3n) is 7.57. The summed E-state index contributed by atoms with van der Waals surface area (Å²) in [5, 5.41) is 22.5. The predicted octanol–water partition coefficient (Wildman–Crippen LogP) is 1.90. The first-order chi connectivity index (χ1) is 12.5. The van der Waals surface area contributed by atoms with E-state index in [1.165, 1.54) is 12.8 Å². The number of piperidine rings is 1. The summed E-state index contributed by atoms with van der Waals surface area (Å²) in [6.07, 6.45) is 3.72. The summed E-state index contributed by atoms with van der Waals surface area (Å²) in [4.78, 5) is 15.0. The topological polar surface area (TPSA) is 70.0 Å². The van der Waals surface area contributed by atoms with Crippen LogP contribution in [0.1, 0.15) is 36.8 Å². The second kappa shape index (κ2) is 4.83. The van der Waals surface area contributed by atoms with Gasteiger partial charge in [0, 0.05) is 18.2 Å². The Kier molecular flexibility index (Phi) is 2.96. The Balaban J connectivity index is 1.59. The average molecular weight is 420 g/mol. The first kappa shape index (κ1) is 15.9. The highest BCUT2D eigenvalue weighted by atomic mass is 79.9. The van der Waals surface area contributed by atoms with Gasteiger partial charge in [-0.05, 0) is 56.2 Å². The molecule has 6 rings (SSSR count). The van der Waals surface area contributed by atoms with Gasteiger partial charge in [0.15, 0.2) is 23.4 Å². The molecule has 1 aromatic carbocycles. The van der Waals surface area contributed by atoms with Gasteiger partial charge in [0.25, 0.3) is 0 Å². The minimum atomic E-state index is -1.01. The highest BCUT2D eigenvalue weighted by Gasteiger charge is 2.74. The number of Topliss-reactive ketones (excluding diaryl/α,β-unsaturated/α-hetero) is 1. The Labute approximate surface area is 160 Å². The molecule has 6 heteroatoms. The van der Waals surface area contributed by atoms with Crippen LogP contribution in [-0.2, 0) is 16.6 Å². The van der Waals surface area contributed by atoms with Gasteiger partial charge in [0.1, 0.15) is 0 Å². The molecule has 1 saturated heterocycles. The van der Waals surface area contributed by atoms with Crippen molar-refractivity contribution >= 4 is 21.7 Å². The third kappa shape index (κ3) is 1.68. The number of benzene rings is 1. The standard InChI is InChI=1S/C20H22BrNO4/c21-12-8-20(25)14-7-11-3-4-13(23)17-15(11)19(20,18(26-17)16(12)24)5-6-22(14)9-10-1-2-10/h3-4,10,12,14,18,23,25H,1-2,5-9H2/t12-,14+,18-,19-,20+/m0/s1. The molecule has 2 N–H and O–H groups in total. The number of ether oxygens (including phenoxy) is 1. The number of alkyl halides is 1. The summed E-state index contributed by atoms with van der Waals surface area (Å²) in [7, 11) is 0. The zero-order valence-corrected chi connectivity index (χ0v) is 16.0. The molecule has 3 fully saturated rings. The van der Waals surface area contributed by atoms with E-state index in [-0.39, 0.29) is 17.6 Å². The fraction of sp³-hybridized carbons (Fsp3) is 0.650. The van der Waals surface area contributed by atoms with Gasteiger partial charge >= 0.3 is 0 Å². The molecular weight excluding hydrogens is 398 g/mol. The lowest BCUT2D eigenvalue weighted by molar-refractivity contribution is -0.187. The molecule has 1 aromatic rings. The Morgan fingerprint density at radius 2 is 2.15 bits per heavy atom. The second-order valence-corrected chi connectivity index (χ2v) is 9.93. The van der Waals surface area contributed by atoms with Crippen molar-refractivity contribution in [1.82, 2.24) is 4.90 Å². The molecule has 0 aromatic heterocycles. The van der Waals surface area contributed by atoms with E-state index in [0.29, 0.717) is 18.6 Å². The Morgan fingerprint density at radius 3 is 2.92 bits per heavy atom. The molecule has 26 heavy (non-hydrogen) atoms. The van der Waals surface area contributed by atoms with Gasteiger partial charge in [-0.25, -0.2) is 0 Å². The lowest BCUT2D eigenvalue weighted by atomic mass is 9.49. The maximum absolute atomic E-state index is 13.0. The van der Waals surface area contributed by atoms with Crippen molar-refractivity contribution < 1.29 is 19.7 Å². The van der Waals surface area contributed by atoms with Gasteiger partial charge < -0.3 is 14.9 Å². The minimum absolute atomic E-state index is 0.000840. The summed E-state index contributed by atoms with van der Waals surface area (Å²) >= 11 is 3.51. The lowest BCUT2D eigenvalue weighted by Crippen LogP contribution is -2.78. The Bertz CT molecular complexity index is 839. The van der Waals surface area contributed by atoms with Crippen LogP contribution in [0.25, 0.3) is 0 Å². The molecule has 0 unspecified atom stereocenters. The van der Waals surface area contributed by atoms with Crippen LogP contribution >= 0.6 is 15.9 Å². The van der Waals surface area contributed by atoms with E-state index in [1.54, 1.807) is 6.07 Å². The van der Waals surface area contributed by atoms with E-state index in [9.17, 15) is 15.0 Å². The van der Waals surface area contributed by atoms with Gasteiger partial charge in [-0.15, -0.1) is 0 Å². The maximum atomic E-state index is 13.0. The number of halogens is 1. The number of phenols is 1. The van der Waals surface area contributed by atoms with Crippen LogP contribution in [0, 0.1) is 5.92 Å². The van der Waals surface area contributed by atoms with Gasteiger partial charge in [-0.3, -0.25) is 9.69 Å². The molecule has 5 atom stereocenters. The third-order valence-corrected chi connectivity index (χ3v) is 8.35. The maximum Gasteiger partial charge on any atom is 0.187 e. The van der Waals surface area contributed by atoms with E-state index < -0.39 is 21.9 Å². The number of aliphatic hydroxyl groups is 1. The number of hydrogen-bond donors (Lipinski definition) is 2.